The van der Waals surface area contributed by atoms with Gasteiger partial charge in [-0.2, -0.15) is 8.78 Å². The van der Waals surface area contributed by atoms with Gasteiger partial charge >= 0.3 is 6.48 Å². The molecule has 1 aromatic rings. The van der Waals surface area contributed by atoms with Crippen LogP contribution in [0.15, 0.2) is 0 Å². The summed E-state index contributed by atoms with van der Waals surface area (Å²) in [4.78, 5) is 0. The molecular formula is C7H3F5O3. The molecular weight excluding hydrogens is 227 g/mol. The van der Waals surface area contributed by atoms with E-state index in [2.05, 4.69) is 4.74 Å². The van der Waals surface area contributed by atoms with Gasteiger partial charge in [-0.3, -0.25) is 0 Å². The van der Waals surface area contributed by atoms with Crippen LogP contribution in [0.5, 0.6) is 5.75 Å². The normalized spacial score (nSPS) is 10.9. The van der Waals surface area contributed by atoms with Gasteiger partial charge in [0.1, 0.15) is 0 Å². The van der Waals surface area contributed by atoms with Crippen LogP contribution in [0.3, 0.4) is 0 Å². The minimum absolute atomic E-state index is 1.75. The van der Waals surface area contributed by atoms with E-state index in [0.717, 1.165) is 0 Å². The Morgan fingerprint density at radius 3 is 1.40 bits per heavy atom. The van der Waals surface area contributed by atoms with Crippen LogP contribution in [0.25, 0.3) is 0 Å². The van der Waals surface area contributed by atoms with Crippen molar-refractivity contribution in [1.82, 2.24) is 0 Å². The first-order valence-electron chi connectivity index (χ1n) is 3.40. The number of hydrogen-bond acceptors (Lipinski definition) is 3. The maximum absolute atomic E-state index is 12.7. The highest BCUT2D eigenvalue weighted by atomic mass is 19.2. The fourth-order valence-corrected chi connectivity index (χ4v) is 0.794. The average Bonchev–Trinajstić information content (AvgIpc) is 2.18. The molecule has 0 spiro atoms. The van der Waals surface area contributed by atoms with Crippen molar-refractivity contribution in [2.24, 2.45) is 0 Å². The second-order valence-electron chi connectivity index (χ2n) is 2.34. The fraction of sp³-hybridized carbons (Fsp3) is 0.143. The van der Waals surface area contributed by atoms with Gasteiger partial charge in [0, 0.05) is 0 Å². The predicted molar refractivity (Wildman–Crippen MR) is 35.1 cm³/mol. The molecule has 0 aliphatic rings. The third kappa shape index (κ3) is 2.00. The molecule has 0 aliphatic carbocycles. The molecule has 0 saturated heterocycles. The first kappa shape index (κ1) is 11.7. The molecule has 1 aromatic carbocycles. The SMILES string of the molecule is OC(O)Oc1c(F)c(F)c(F)c(F)c1F. The summed E-state index contributed by atoms with van der Waals surface area (Å²) in [5.41, 5.74) is 0. The quantitative estimate of drug-likeness (QED) is 0.345. The number of halogens is 5. The lowest BCUT2D eigenvalue weighted by Crippen LogP contribution is -2.17. The first-order valence-corrected chi connectivity index (χ1v) is 3.40. The van der Waals surface area contributed by atoms with E-state index in [1.54, 1.807) is 0 Å². The Labute approximate surface area is 79.3 Å². The summed E-state index contributed by atoms with van der Waals surface area (Å²) >= 11 is 0. The minimum Gasteiger partial charge on any atom is -0.435 e. The Morgan fingerprint density at radius 2 is 1.07 bits per heavy atom. The van der Waals surface area contributed by atoms with Crippen LogP contribution in [0.4, 0.5) is 22.0 Å². The van der Waals surface area contributed by atoms with Gasteiger partial charge in [0.05, 0.1) is 0 Å². The molecule has 0 aliphatic heterocycles. The van der Waals surface area contributed by atoms with Gasteiger partial charge in [0.2, 0.25) is 34.8 Å². The fourth-order valence-electron chi connectivity index (χ4n) is 0.794. The number of hydrogen-bond donors (Lipinski definition) is 2. The van der Waals surface area contributed by atoms with Crippen molar-refractivity contribution in [3.8, 4) is 5.75 Å². The molecule has 0 saturated carbocycles. The third-order valence-corrected chi connectivity index (χ3v) is 1.39. The Balaban J connectivity index is 3.39. The Morgan fingerprint density at radius 1 is 0.733 bits per heavy atom. The Bertz CT molecular complexity index is 364. The van der Waals surface area contributed by atoms with E-state index in [-0.39, 0.29) is 0 Å². The van der Waals surface area contributed by atoms with E-state index in [0.29, 0.717) is 0 Å². The topological polar surface area (TPSA) is 49.7 Å². The molecule has 0 aromatic heterocycles. The number of aliphatic hydroxyl groups excluding tert-OH is 1. The zero-order valence-corrected chi connectivity index (χ0v) is 6.77. The number of ether oxygens (including phenoxy) is 1. The van der Waals surface area contributed by atoms with Gasteiger partial charge in [-0.05, 0) is 0 Å². The molecule has 2 N–H and O–H groups in total. The number of rotatable bonds is 2. The highest BCUT2D eigenvalue weighted by Gasteiger charge is 2.27. The zero-order chi connectivity index (χ0) is 11.7. The maximum Gasteiger partial charge on any atom is 0.311 e. The smallest absolute Gasteiger partial charge is 0.311 e. The van der Waals surface area contributed by atoms with Crippen molar-refractivity contribution in [2.75, 3.05) is 0 Å². The summed E-state index contributed by atoms with van der Waals surface area (Å²) in [5.74, 6) is -13.1. The lowest BCUT2D eigenvalue weighted by molar-refractivity contribution is -0.182. The number of aliphatic hydroxyl groups is 2. The van der Waals surface area contributed by atoms with Crippen LogP contribution in [0, 0.1) is 29.1 Å². The van der Waals surface area contributed by atoms with E-state index in [9.17, 15) is 22.0 Å². The van der Waals surface area contributed by atoms with E-state index in [1.807, 2.05) is 0 Å². The molecule has 15 heavy (non-hydrogen) atoms. The molecule has 0 heterocycles. The lowest BCUT2D eigenvalue weighted by Gasteiger charge is -2.10. The summed E-state index contributed by atoms with van der Waals surface area (Å²) < 4.78 is 66.3. The van der Waals surface area contributed by atoms with Gasteiger partial charge in [-0.25, -0.2) is 13.2 Å². The zero-order valence-electron chi connectivity index (χ0n) is 6.77. The third-order valence-electron chi connectivity index (χ3n) is 1.39. The summed E-state index contributed by atoms with van der Waals surface area (Å²) in [5, 5.41) is 16.3. The van der Waals surface area contributed by atoms with Crippen LogP contribution in [0.2, 0.25) is 0 Å². The monoisotopic (exact) mass is 230 g/mol. The largest absolute Gasteiger partial charge is 0.435 e. The van der Waals surface area contributed by atoms with Gasteiger partial charge < -0.3 is 14.9 Å². The van der Waals surface area contributed by atoms with Crippen LogP contribution < -0.4 is 4.74 Å². The van der Waals surface area contributed by atoms with Crippen molar-refractivity contribution >= 4 is 0 Å². The highest BCUT2D eigenvalue weighted by Crippen LogP contribution is 2.29. The summed E-state index contributed by atoms with van der Waals surface area (Å²) in [6, 6.07) is 0. The van der Waals surface area contributed by atoms with Crippen molar-refractivity contribution in [3.63, 3.8) is 0 Å². The average molecular weight is 230 g/mol. The lowest BCUT2D eigenvalue weighted by atomic mass is 10.3. The van der Waals surface area contributed by atoms with Crippen molar-refractivity contribution < 1.29 is 36.9 Å². The summed E-state index contributed by atoms with van der Waals surface area (Å²) in [6.45, 7) is -2.70. The molecule has 84 valence electrons. The van der Waals surface area contributed by atoms with Gasteiger partial charge in [-0.15, -0.1) is 0 Å². The summed E-state index contributed by atoms with van der Waals surface area (Å²) in [6.07, 6.45) is 0. The van der Waals surface area contributed by atoms with Crippen molar-refractivity contribution in [1.29, 1.82) is 0 Å². The van der Waals surface area contributed by atoms with Crippen molar-refractivity contribution in [2.45, 2.75) is 6.48 Å². The van der Waals surface area contributed by atoms with Crippen LogP contribution >= 0.6 is 0 Å². The highest BCUT2D eigenvalue weighted by molar-refractivity contribution is 5.29. The van der Waals surface area contributed by atoms with Gasteiger partial charge in [-0.1, -0.05) is 0 Å². The van der Waals surface area contributed by atoms with E-state index >= 15 is 0 Å². The minimum atomic E-state index is -2.70. The molecule has 0 bridgehead atoms. The molecule has 0 radical (unpaired) electrons. The predicted octanol–water partition coefficient (Wildman–Crippen LogP) is 1.03. The summed E-state index contributed by atoms with van der Waals surface area (Å²) in [7, 11) is 0. The molecule has 0 amide bonds. The van der Waals surface area contributed by atoms with E-state index < -0.39 is 41.3 Å². The second-order valence-corrected chi connectivity index (χ2v) is 2.34. The van der Waals surface area contributed by atoms with Crippen LogP contribution in [-0.2, 0) is 0 Å². The van der Waals surface area contributed by atoms with Gasteiger partial charge in [0.15, 0.2) is 0 Å². The van der Waals surface area contributed by atoms with Gasteiger partial charge in [0.25, 0.3) is 0 Å². The second kappa shape index (κ2) is 3.99. The molecule has 0 unspecified atom stereocenters. The van der Waals surface area contributed by atoms with Crippen LogP contribution in [-0.4, -0.2) is 16.7 Å². The molecule has 0 atom stereocenters. The number of benzene rings is 1. The van der Waals surface area contributed by atoms with Crippen LogP contribution in [0.1, 0.15) is 0 Å². The van der Waals surface area contributed by atoms with Crippen molar-refractivity contribution in [3.05, 3.63) is 29.1 Å². The molecule has 8 heteroatoms. The Kier molecular flexibility index (Phi) is 3.10. The molecule has 3 nitrogen and oxygen atoms in total. The van der Waals surface area contributed by atoms with E-state index in [1.165, 1.54) is 0 Å². The first-order chi connectivity index (χ1) is 6.86. The molecule has 1 rings (SSSR count). The Hall–Kier alpha value is -1.41. The van der Waals surface area contributed by atoms with E-state index in [4.69, 9.17) is 10.2 Å². The standard InChI is InChI=1S/C7H3F5O3/c8-1-2(9)4(11)6(15-7(13)14)5(12)3(1)10/h7,13-14H. The maximum atomic E-state index is 12.7. The molecule has 0 fully saturated rings.